The first-order valence-electron chi connectivity index (χ1n) is 6.55. The van der Waals surface area contributed by atoms with Crippen LogP contribution >= 0.6 is 11.3 Å². The molecule has 1 aliphatic heterocycles. The lowest BCUT2D eigenvalue weighted by molar-refractivity contribution is -0.131. The van der Waals surface area contributed by atoms with Gasteiger partial charge in [-0.3, -0.25) is 10.1 Å². The number of carbonyl (C=O) groups is 1. The van der Waals surface area contributed by atoms with Gasteiger partial charge in [0, 0.05) is 18.0 Å². The van der Waals surface area contributed by atoms with Gasteiger partial charge in [0.2, 0.25) is 11.8 Å². The monoisotopic (exact) mass is 292 g/mol. The molecule has 2 aromatic rings. The van der Waals surface area contributed by atoms with Crippen molar-refractivity contribution in [2.45, 2.75) is 26.4 Å². The maximum atomic E-state index is 12.1. The van der Waals surface area contributed by atoms with Gasteiger partial charge < -0.3 is 9.42 Å². The van der Waals surface area contributed by atoms with Gasteiger partial charge in [0.1, 0.15) is 0 Å². The van der Waals surface area contributed by atoms with E-state index in [1.807, 2.05) is 4.90 Å². The lowest BCUT2D eigenvalue weighted by Crippen LogP contribution is -2.40. The van der Waals surface area contributed by atoms with Crippen LogP contribution in [0.25, 0.3) is 0 Å². The summed E-state index contributed by atoms with van der Waals surface area (Å²) in [6.07, 6.45) is 0.960. The molecule has 0 aromatic carbocycles. The highest BCUT2D eigenvalue weighted by atomic mass is 32.1. The number of carbonyl (C=O) groups excluding carboxylic acids is 1. The molecule has 106 valence electrons. The molecule has 0 unspecified atom stereocenters. The number of fused-ring (bicyclic) bond motifs is 1. The number of aromatic nitrogens is 2. The molecular formula is C13H16N4O2S. The molecule has 1 aliphatic rings. The Kier molecular flexibility index (Phi) is 3.79. The van der Waals surface area contributed by atoms with Crippen LogP contribution in [0.1, 0.15) is 22.2 Å². The van der Waals surface area contributed by atoms with Crippen LogP contribution in [0.15, 0.2) is 16.0 Å². The van der Waals surface area contributed by atoms with Gasteiger partial charge in [0.25, 0.3) is 0 Å². The predicted octanol–water partition coefficient (Wildman–Crippen LogP) is 1.11. The number of rotatable bonds is 4. The average Bonchev–Trinajstić information content (AvgIpc) is 3.06. The minimum atomic E-state index is 0.109. The Labute approximate surface area is 120 Å². The Hall–Kier alpha value is -1.73. The number of nitrogens with zero attached hydrogens (tertiary/aromatic N) is 3. The number of hydrogen-bond acceptors (Lipinski definition) is 6. The van der Waals surface area contributed by atoms with Crippen molar-refractivity contribution in [3.05, 3.63) is 33.6 Å². The summed E-state index contributed by atoms with van der Waals surface area (Å²) in [6, 6.07) is 2.11. The predicted molar refractivity (Wildman–Crippen MR) is 74.2 cm³/mol. The number of thiophene rings is 1. The fourth-order valence-electron chi connectivity index (χ4n) is 2.26. The van der Waals surface area contributed by atoms with Gasteiger partial charge in [0.15, 0.2) is 5.82 Å². The molecule has 1 N–H and O–H groups in total. The van der Waals surface area contributed by atoms with E-state index in [0.717, 1.165) is 19.5 Å². The van der Waals surface area contributed by atoms with E-state index in [2.05, 4.69) is 26.9 Å². The van der Waals surface area contributed by atoms with Gasteiger partial charge in [-0.2, -0.15) is 4.98 Å². The molecule has 1 amide bonds. The molecule has 3 rings (SSSR count). The van der Waals surface area contributed by atoms with E-state index in [1.54, 1.807) is 18.3 Å². The highest BCUT2D eigenvalue weighted by molar-refractivity contribution is 7.10. The largest absolute Gasteiger partial charge is 0.338 e. The maximum absolute atomic E-state index is 12.1. The van der Waals surface area contributed by atoms with Gasteiger partial charge in [-0.1, -0.05) is 5.16 Å². The molecule has 0 aliphatic carbocycles. The molecule has 20 heavy (non-hydrogen) atoms. The van der Waals surface area contributed by atoms with Crippen LogP contribution in [0.5, 0.6) is 0 Å². The van der Waals surface area contributed by atoms with Crippen LogP contribution < -0.4 is 5.32 Å². The van der Waals surface area contributed by atoms with Gasteiger partial charge in [-0.05, 0) is 30.4 Å². The van der Waals surface area contributed by atoms with Crippen molar-refractivity contribution in [1.29, 1.82) is 0 Å². The number of aryl methyl sites for hydroxylation is 1. The van der Waals surface area contributed by atoms with Crippen LogP contribution in [-0.4, -0.2) is 34.0 Å². The average molecular weight is 292 g/mol. The standard InChI is InChI=1S/C13H16N4O2S/c1-9-15-12(19-16-9)6-14-7-13(18)17-4-2-11-10(8-17)3-5-20-11/h3,5,14H,2,4,6-8H2,1H3. The summed E-state index contributed by atoms with van der Waals surface area (Å²) in [4.78, 5) is 19.5. The molecule has 6 nitrogen and oxygen atoms in total. The summed E-state index contributed by atoms with van der Waals surface area (Å²) in [5, 5.41) is 8.84. The molecule has 0 radical (unpaired) electrons. The smallest absolute Gasteiger partial charge is 0.240 e. The number of hydrogen-bond donors (Lipinski definition) is 1. The summed E-state index contributed by atoms with van der Waals surface area (Å²) in [5.41, 5.74) is 1.28. The number of amides is 1. The molecule has 0 fully saturated rings. The van der Waals surface area contributed by atoms with E-state index in [0.29, 0.717) is 24.8 Å². The summed E-state index contributed by atoms with van der Waals surface area (Å²) < 4.78 is 4.98. The normalized spacial score (nSPS) is 14.3. The van der Waals surface area contributed by atoms with Crippen molar-refractivity contribution in [3.8, 4) is 0 Å². The van der Waals surface area contributed by atoms with Crippen molar-refractivity contribution >= 4 is 17.2 Å². The molecule has 2 aromatic heterocycles. The van der Waals surface area contributed by atoms with Crippen LogP contribution in [0.4, 0.5) is 0 Å². The number of nitrogens with one attached hydrogen (secondary N) is 1. The topological polar surface area (TPSA) is 71.3 Å². The van der Waals surface area contributed by atoms with Crippen LogP contribution in [0, 0.1) is 6.92 Å². The summed E-state index contributed by atoms with van der Waals surface area (Å²) in [5.74, 6) is 1.22. The molecule has 0 saturated heterocycles. The zero-order chi connectivity index (χ0) is 13.9. The van der Waals surface area contributed by atoms with E-state index in [9.17, 15) is 4.79 Å². The molecular weight excluding hydrogens is 276 g/mol. The fraction of sp³-hybridized carbons (Fsp3) is 0.462. The van der Waals surface area contributed by atoms with E-state index in [-0.39, 0.29) is 5.91 Å². The van der Waals surface area contributed by atoms with E-state index in [1.165, 1.54) is 10.4 Å². The summed E-state index contributed by atoms with van der Waals surface area (Å²) in [6.45, 7) is 4.00. The third-order valence-corrected chi connectivity index (χ3v) is 4.31. The van der Waals surface area contributed by atoms with E-state index in [4.69, 9.17) is 4.52 Å². The fourth-order valence-corrected chi connectivity index (χ4v) is 3.15. The summed E-state index contributed by atoms with van der Waals surface area (Å²) >= 11 is 1.78. The van der Waals surface area contributed by atoms with E-state index >= 15 is 0 Å². The summed E-state index contributed by atoms with van der Waals surface area (Å²) in [7, 11) is 0. The Morgan fingerprint density at radius 3 is 3.30 bits per heavy atom. The third-order valence-electron chi connectivity index (χ3n) is 3.28. The SMILES string of the molecule is Cc1noc(CNCC(=O)N2CCc3sccc3C2)n1. The Balaban J connectivity index is 1.48. The zero-order valence-corrected chi connectivity index (χ0v) is 12.1. The first-order chi connectivity index (χ1) is 9.72. The van der Waals surface area contributed by atoms with Gasteiger partial charge in [-0.25, -0.2) is 0 Å². The second kappa shape index (κ2) is 5.72. The Bertz CT molecular complexity index is 607. The molecule has 0 spiro atoms. The molecule has 7 heteroatoms. The van der Waals surface area contributed by atoms with Crippen molar-refractivity contribution in [1.82, 2.24) is 20.4 Å². The molecule has 0 atom stereocenters. The molecule has 0 saturated carbocycles. The lowest BCUT2D eigenvalue weighted by Gasteiger charge is -2.27. The van der Waals surface area contributed by atoms with Gasteiger partial charge >= 0.3 is 0 Å². The van der Waals surface area contributed by atoms with Crippen molar-refractivity contribution in [2.24, 2.45) is 0 Å². The molecule has 3 heterocycles. The Morgan fingerprint density at radius 1 is 1.60 bits per heavy atom. The van der Waals surface area contributed by atoms with Gasteiger partial charge in [-0.15, -0.1) is 11.3 Å². The van der Waals surface area contributed by atoms with Crippen molar-refractivity contribution in [2.75, 3.05) is 13.1 Å². The molecule has 0 bridgehead atoms. The minimum absolute atomic E-state index is 0.109. The second-order valence-corrected chi connectivity index (χ2v) is 5.77. The van der Waals surface area contributed by atoms with Crippen LogP contribution in [0.3, 0.4) is 0 Å². The van der Waals surface area contributed by atoms with E-state index < -0.39 is 0 Å². The highest BCUT2D eigenvalue weighted by Gasteiger charge is 2.21. The second-order valence-electron chi connectivity index (χ2n) is 4.77. The quantitative estimate of drug-likeness (QED) is 0.914. The van der Waals surface area contributed by atoms with Crippen LogP contribution in [0.2, 0.25) is 0 Å². The third kappa shape index (κ3) is 2.88. The Morgan fingerprint density at radius 2 is 2.50 bits per heavy atom. The van der Waals surface area contributed by atoms with Crippen LogP contribution in [-0.2, 0) is 24.3 Å². The first kappa shape index (κ1) is 13.3. The van der Waals surface area contributed by atoms with Crippen molar-refractivity contribution < 1.29 is 9.32 Å². The minimum Gasteiger partial charge on any atom is -0.338 e. The first-order valence-corrected chi connectivity index (χ1v) is 7.43. The van der Waals surface area contributed by atoms with Crippen molar-refractivity contribution in [3.63, 3.8) is 0 Å². The van der Waals surface area contributed by atoms with Gasteiger partial charge in [0.05, 0.1) is 13.1 Å². The highest BCUT2D eigenvalue weighted by Crippen LogP contribution is 2.23. The maximum Gasteiger partial charge on any atom is 0.240 e. The zero-order valence-electron chi connectivity index (χ0n) is 11.3. The lowest BCUT2D eigenvalue weighted by atomic mass is 10.1.